The molecule has 2 saturated carbocycles. The molecule has 3 atom stereocenters. The van der Waals surface area contributed by atoms with Gasteiger partial charge in [-0.15, -0.1) is 0 Å². The van der Waals surface area contributed by atoms with E-state index >= 15 is 0 Å². The number of amides is 2. The Morgan fingerprint density at radius 2 is 1.90 bits per heavy atom. The molecule has 164 valence electrons. The van der Waals surface area contributed by atoms with Crippen molar-refractivity contribution in [2.75, 3.05) is 20.1 Å². The van der Waals surface area contributed by atoms with Crippen LogP contribution < -0.4 is 10.6 Å². The maximum absolute atomic E-state index is 12.9. The van der Waals surface area contributed by atoms with Gasteiger partial charge in [0.05, 0.1) is 5.41 Å². The fourth-order valence-corrected chi connectivity index (χ4v) is 6.26. The predicted molar refractivity (Wildman–Crippen MR) is 119 cm³/mol. The lowest BCUT2D eigenvalue weighted by Gasteiger charge is -2.27. The molecule has 1 aromatic rings. The van der Waals surface area contributed by atoms with Crippen LogP contribution in [0.4, 0.5) is 0 Å². The fourth-order valence-electron chi connectivity index (χ4n) is 6.26. The topological polar surface area (TPSA) is 61.4 Å². The second-order valence-corrected chi connectivity index (χ2v) is 9.83. The maximum Gasteiger partial charge on any atom is 0.227 e. The standard InChI is InChI=1S/C25H37N3O2/c1-26-24(30)25-15-22(27-23(29)13-12-19-8-4-2-5-9-19)14-21(25)17-28(18-25)16-20-10-6-3-7-11-20/h3,6-7,10-11,19,21-22H,2,4-5,8-9,12-18H2,1H3,(H,26,30)(H,27,29)/t21-,22-,25-/m0/s1. The van der Waals surface area contributed by atoms with Crippen LogP contribution in [-0.4, -0.2) is 42.9 Å². The zero-order valence-corrected chi connectivity index (χ0v) is 18.4. The normalized spacial score (nSPS) is 29.5. The van der Waals surface area contributed by atoms with Gasteiger partial charge in [-0.05, 0) is 36.7 Å². The van der Waals surface area contributed by atoms with E-state index in [9.17, 15) is 9.59 Å². The molecule has 1 saturated heterocycles. The van der Waals surface area contributed by atoms with Crippen LogP contribution in [0.1, 0.15) is 63.4 Å². The molecule has 5 nitrogen and oxygen atoms in total. The first-order valence-electron chi connectivity index (χ1n) is 11.9. The smallest absolute Gasteiger partial charge is 0.227 e. The van der Waals surface area contributed by atoms with Crippen molar-refractivity contribution in [3.63, 3.8) is 0 Å². The van der Waals surface area contributed by atoms with Crippen molar-refractivity contribution in [3.8, 4) is 0 Å². The van der Waals surface area contributed by atoms with E-state index in [1.807, 2.05) is 6.07 Å². The van der Waals surface area contributed by atoms with E-state index in [2.05, 4.69) is 39.8 Å². The van der Waals surface area contributed by atoms with E-state index in [4.69, 9.17) is 0 Å². The molecule has 3 fully saturated rings. The molecule has 2 amide bonds. The van der Waals surface area contributed by atoms with E-state index in [0.29, 0.717) is 12.3 Å². The molecule has 0 spiro atoms. The Kier molecular flexibility index (Phi) is 6.77. The lowest BCUT2D eigenvalue weighted by Crippen LogP contribution is -2.44. The zero-order chi connectivity index (χ0) is 21.0. The Hall–Kier alpha value is -1.88. The Balaban J connectivity index is 1.32. The first kappa shape index (κ1) is 21.4. The predicted octanol–water partition coefficient (Wildman–Crippen LogP) is 3.49. The van der Waals surface area contributed by atoms with E-state index in [1.165, 1.54) is 37.7 Å². The Morgan fingerprint density at radius 3 is 2.63 bits per heavy atom. The third-order valence-electron chi connectivity index (χ3n) is 7.74. The summed E-state index contributed by atoms with van der Waals surface area (Å²) in [5.41, 5.74) is 0.919. The van der Waals surface area contributed by atoms with Crippen LogP contribution >= 0.6 is 0 Å². The fraction of sp³-hybridized carbons (Fsp3) is 0.680. The Bertz CT molecular complexity index is 731. The molecular formula is C25H37N3O2. The second-order valence-electron chi connectivity index (χ2n) is 9.83. The molecular weight excluding hydrogens is 374 g/mol. The summed E-state index contributed by atoms with van der Waals surface area (Å²) in [5.74, 6) is 1.36. The van der Waals surface area contributed by atoms with E-state index in [-0.39, 0.29) is 23.3 Å². The van der Waals surface area contributed by atoms with E-state index in [1.54, 1.807) is 7.05 Å². The van der Waals surface area contributed by atoms with Crippen LogP contribution in [0, 0.1) is 17.3 Å². The van der Waals surface area contributed by atoms with Gasteiger partial charge in [-0.1, -0.05) is 62.4 Å². The molecule has 0 radical (unpaired) electrons. The summed E-state index contributed by atoms with van der Waals surface area (Å²) in [5, 5.41) is 6.20. The summed E-state index contributed by atoms with van der Waals surface area (Å²) in [6.07, 6.45) is 9.91. The largest absolute Gasteiger partial charge is 0.359 e. The molecule has 4 rings (SSSR count). The van der Waals surface area contributed by atoms with Gasteiger partial charge in [-0.3, -0.25) is 14.5 Å². The molecule has 1 aromatic carbocycles. The quantitative estimate of drug-likeness (QED) is 0.722. The van der Waals surface area contributed by atoms with Gasteiger partial charge in [0.2, 0.25) is 11.8 Å². The number of nitrogens with zero attached hydrogens (tertiary/aromatic N) is 1. The minimum absolute atomic E-state index is 0.130. The molecule has 0 bridgehead atoms. The minimum atomic E-state index is -0.370. The van der Waals surface area contributed by atoms with Crippen molar-refractivity contribution in [1.82, 2.24) is 15.5 Å². The van der Waals surface area contributed by atoms with Crippen molar-refractivity contribution in [1.29, 1.82) is 0 Å². The van der Waals surface area contributed by atoms with Gasteiger partial charge in [-0.25, -0.2) is 0 Å². The lowest BCUT2D eigenvalue weighted by atomic mass is 9.80. The number of hydrogen-bond acceptors (Lipinski definition) is 3. The van der Waals surface area contributed by atoms with Crippen molar-refractivity contribution < 1.29 is 9.59 Å². The molecule has 2 N–H and O–H groups in total. The third kappa shape index (κ3) is 4.72. The number of nitrogens with one attached hydrogen (secondary N) is 2. The van der Waals surface area contributed by atoms with Crippen LogP contribution in [0.25, 0.3) is 0 Å². The molecule has 2 aliphatic carbocycles. The van der Waals surface area contributed by atoms with Gasteiger partial charge in [0.1, 0.15) is 0 Å². The number of carbonyl (C=O) groups excluding carboxylic acids is 2. The minimum Gasteiger partial charge on any atom is -0.359 e. The monoisotopic (exact) mass is 411 g/mol. The Labute approximate surface area is 181 Å². The molecule has 30 heavy (non-hydrogen) atoms. The number of benzene rings is 1. The first-order chi connectivity index (χ1) is 14.6. The van der Waals surface area contributed by atoms with Crippen LogP contribution in [0.2, 0.25) is 0 Å². The summed E-state index contributed by atoms with van der Waals surface area (Å²) in [4.78, 5) is 27.9. The number of carbonyl (C=O) groups is 2. The van der Waals surface area contributed by atoms with Gasteiger partial charge >= 0.3 is 0 Å². The highest BCUT2D eigenvalue weighted by atomic mass is 16.2. The highest BCUT2D eigenvalue weighted by molar-refractivity contribution is 5.84. The maximum atomic E-state index is 12.9. The second kappa shape index (κ2) is 9.51. The van der Waals surface area contributed by atoms with Crippen molar-refractivity contribution in [2.45, 2.75) is 70.4 Å². The molecule has 5 heteroatoms. The summed E-state index contributed by atoms with van der Waals surface area (Å²) in [7, 11) is 1.74. The van der Waals surface area contributed by atoms with E-state index in [0.717, 1.165) is 44.8 Å². The molecule has 0 unspecified atom stereocenters. The SMILES string of the molecule is CNC(=O)[C@]12C[C@@H](NC(=O)CCC3CCCCC3)C[C@H]1CN(Cc1ccccc1)C2. The van der Waals surface area contributed by atoms with Gasteiger partial charge in [0, 0.05) is 39.1 Å². The third-order valence-corrected chi connectivity index (χ3v) is 7.74. The van der Waals surface area contributed by atoms with Crippen LogP contribution in [-0.2, 0) is 16.1 Å². The summed E-state index contributed by atoms with van der Waals surface area (Å²) in [6.45, 7) is 2.59. The van der Waals surface area contributed by atoms with Crippen LogP contribution in [0.5, 0.6) is 0 Å². The zero-order valence-electron chi connectivity index (χ0n) is 18.4. The molecule has 1 heterocycles. The van der Waals surface area contributed by atoms with Crippen LogP contribution in [0.15, 0.2) is 30.3 Å². The number of fused-ring (bicyclic) bond motifs is 1. The van der Waals surface area contributed by atoms with Gasteiger partial charge in [0.25, 0.3) is 0 Å². The summed E-state index contributed by atoms with van der Waals surface area (Å²) >= 11 is 0. The molecule has 3 aliphatic rings. The van der Waals surface area contributed by atoms with Gasteiger partial charge in [-0.2, -0.15) is 0 Å². The Morgan fingerprint density at radius 1 is 1.13 bits per heavy atom. The van der Waals surface area contributed by atoms with Gasteiger partial charge in [0.15, 0.2) is 0 Å². The average molecular weight is 412 g/mol. The van der Waals surface area contributed by atoms with Crippen molar-refractivity contribution in [3.05, 3.63) is 35.9 Å². The van der Waals surface area contributed by atoms with E-state index < -0.39 is 0 Å². The van der Waals surface area contributed by atoms with Crippen molar-refractivity contribution >= 4 is 11.8 Å². The number of likely N-dealkylation sites (tertiary alicyclic amines) is 1. The number of hydrogen-bond donors (Lipinski definition) is 2. The van der Waals surface area contributed by atoms with Crippen LogP contribution in [0.3, 0.4) is 0 Å². The van der Waals surface area contributed by atoms with Crippen molar-refractivity contribution in [2.24, 2.45) is 17.3 Å². The average Bonchev–Trinajstić information content (AvgIpc) is 3.27. The number of rotatable bonds is 7. The highest BCUT2D eigenvalue weighted by Crippen LogP contribution is 2.49. The summed E-state index contributed by atoms with van der Waals surface area (Å²) in [6, 6.07) is 10.6. The van der Waals surface area contributed by atoms with Gasteiger partial charge < -0.3 is 10.6 Å². The molecule has 1 aliphatic heterocycles. The first-order valence-corrected chi connectivity index (χ1v) is 11.9. The lowest BCUT2D eigenvalue weighted by molar-refractivity contribution is -0.131. The summed E-state index contributed by atoms with van der Waals surface area (Å²) < 4.78 is 0. The highest BCUT2D eigenvalue weighted by Gasteiger charge is 2.57. The molecule has 0 aromatic heterocycles.